The molecule has 0 saturated carbocycles. The standard InChI is InChI=1S/C30H31NO2/c1-19-7-9-26(23(5)15-19)18-31-29(17-22(4)24(6)30(31)32)25-10-13-27(14-11-25)33-28-12-8-20(2)21(3)16-28/h7-17H,18H2,1-6H3. The van der Waals surface area contributed by atoms with Crippen LogP contribution in [0.5, 0.6) is 11.5 Å². The van der Waals surface area contributed by atoms with Crippen molar-refractivity contribution in [2.45, 2.75) is 48.1 Å². The monoisotopic (exact) mass is 437 g/mol. The van der Waals surface area contributed by atoms with Crippen molar-refractivity contribution in [3.05, 3.63) is 116 Å². The minimum atomic E-state index is 0.0560. The smallest absolute Gasteiger partial charge is 0.254 e. The Morgan fingerprint density at radius 3 is 2.03 bits per heavy atom. The maximum absolute atomic E-state index is 13.3. The molecule has 0 aliphatic rings. The number of hydrogen-bond donors (Lipinski definition) is 0. The van der Waals surface area contributed by atoms with Gasteiger partial charge in [0.15, 0.2) is 0 Å². The molecule has 168 valence electrons. The first-order chi connectivity index (χ1) is 15.7. The third kappa shape index (κ3) is 4.78. The quantitative estimate of drug-likeness (QED) is 0.330. The maximum atomic E-state index is 13.3. The summed E-state index contributed by atoms with van der Waals surface area (Å²) in [6, 6.07) is 22.6. The van der Waals surface area contributed by atoms with E-state index in [-0.39, 0.29) is 5.56 Å². The SMILES string of the molecule is Cc1ccc(Cn2c(-c3ccc(Oc4ccc(C)c(C)c4)cc3)cc(C)c(C)c2=O)c(C)c1. The number of ether oxygens (including phenoxy) is 1. The highest BCUT2D eigenvalue weighted by molar-refractivity contribution is 5.62. The normalized spacial score (nSPS) is 11.0. The topological polar surface area (TPSA) is 31.2 Å². The number of aromatic nitrogens is 1. The largest absolute Gasteiger partial charge is 0.457 e. The summed E-state index contributed by atoms with van der Waals surface area (Å²) in [7, 11) is 0. The van der Waals surface area contributed by atoms with Gasteiger partial charge in [-0.25, -0.2) is 0 Å². The van der Waals surface area contributed by atoms with Crippen LogP contribution in [-0.4, -0.2) is 4.57 Å². The summed E-state index contributed by atoms with van der Waals surface area (Å²) in [5, 5.41) is 0. The number of aryl methyl sites for hydroxylation is 5. The number of benzene rings is 3. The molecular weight excluding hydrogens is 406 g/mol. The highest BCUT2D eigenvalue weighted by Gasteiger charge is 2.13. The molecule has 0 aliphatic carbocycles. The molecule has 3 aromatic carbocycles. The van der Waals surface area contributed by atoms with Gasteiger partial charge in [0.1, 0.15) is 11.5 Å². The summed E-state index contributed by atoms with van der Waals surface area (Å²) >= 11 is 0. The van der Waals surface area contributed by atoms with E-state index < -0.39 is 0 Å². The average Bonchev–Trinajstić information content (AvgIpc) is 2.78. The van der Waals surface area contributed by atoms with E-state index in [0.29, 0.717) is 6.54 Å². The molecule has 0 atom stereocenters. The van der Waals surface area contributed by atoms with Gasteiger partial charge in [0.05, 0.1) is 12.2 Å². The zero-order valence-electron chi connectivity index (χ0n) is 20.3. The van der Waals surface area contributed by atoms with E-state index in [9.17, 15) is 4.79 Å². The Morgan fingerprint density at radius 1 is 0.667 bits per heavy atom. The van der Waals surface area contributed by atoms with Crippen molar-refractivity contribution >= 4 is 0 Å². The highest BCUT2D eigenvalue weighted by Crippen LogP contribution is 2.28. The Kier molecular flexibility index (Phi) is 6.24. The second-order valence-electron chi connectivity index (χ2n) is 9.03. The number of rotatable bonds is 5. The number of hydrogen-bond acceptors (Lipinski definition) is 2. The number of pyridine rings is 1. The van der Waals surface area contributed by atoms with Crippen molar-refractivity contribution in [3.8, 4) is 22.8 Å². The van der Waals surface area contributed by atoms with Crippen LogP contribution in [0, 0.1) is 41.5 Å². The van der Waals surface area contributed by atoms with Crippen LogP contribution in [0.25, 0.3) is 11.3 Å². The molecule has 4 rings (SSSR count). The van der Waals surface area contributed by atoms with Crippen LogP contribution in [0.1, 0.15) is 38.9 Å². The van der Waals surface area contributed by atoms with Crippen molar-refractivity contribution in [1.29, 1.82) is 0 Å². The van der Waals surface area contributed by atoms with Crippen molar-refractivity contribution in [3.63, 3.8) is 0 Å². The summed E-state index contributed by atoms with van der Waals surface area (Å²) in [4.78, 5) is 13.3. The molecule has 3 heteroatoms. The van der Waals surface area contributed by atoms with Gasteiger partial charge in [-0.05, 0) is 117 Å². The average molecular weight is 438 g/mol. The van der Waals surface area contributed by atoms with Crippen LogP contribution in [0.4, 0.5) is 0 Å². The van der Waals surface area contributed by atoms with Crippen molar-refractivity contribution in [1.82, 2.24) is 4.57 Å². The van der Waals surface area contributed by atoms with E-state index in [4.69, 9.17) is 4.74 Å². The van der Waals surface area contributed by atoms with E-state index in [1.165, 1.54) is 22.3 Å². The fourth-order valence-corrected chi connectivity index (χ4v) is 4.07. The molecule has 0 saturated heterocycles. The van der Waals surface area contributed by atoms with Crippen molar-refractivity contribution in [2.75, 3.05) is 0 Å². The zero-order chi connectivity index (χ0) is 23.7. The van der Waals surface area contributed by atoms with Gasteiger partial charge >= 0.3 is 0 Å². The third-order valence-electron chi connectivity index (χ3n) is 6.49. The Balaban J connectivity index is 1.70. The fourth-order valence-electron chi connectivity index (χ4n) is 4.07. The van der Waals surface area contributed by atoms with E-state index in [1.807, 2.05) is 54.8 Å². The Morgan fingerprint density at radius 2 is 1.36 bits per heavy atom. The summed E-state index contributed by atoms with van der Waals surface area (Å²) < 4.78 is 7.94. The van der Waals surface area contributed by atoms with Gasteiger partial charge in [-0.15, -0.1) is 0 Å². The molecule has 3 nitrogen and oxygen atoms in total. The van der Waals surface area contributed by atoms with Gasteiger partial charge in [-0.2, -0.15) is 0 Å². The van der Waals surface area contributed by atoms with Crippen molar-refractivity contribution in [2.24, 2.45) is 0 Å². The van der Waals surface area contributed by atoms with Gasteiger partial charge < -0.3 is 9.30 Å². The predicted molar refractivity (Wildman–Crippen MR) is 137 cm³/mol. The Hall–Kier alpha value is -3.59. The fraction of sp³-hybridized carbons (Fsp3) is 0.233. The first-order valence-electron chi connectivity index (χ1n) is 11.4. The van der Waals surface area contributed by atoms with Crippen molar-refractivity contribution < 1.29 is 4.74 Å². The molecule has 0 bridgehead atoms. The zero-order valence-corrected chi connectivity index (χ0v) is 20.3. The molecule has 33 heavy (non-hydrogen) atoms. The van der Waals surface area contributed by atoms with E-state index >= 15 is 0 Å². The van der Waals surface area contributed by atoms with E-state index in [0.717, 1.165) is 39.4 Å². The molecular formula is C30H31NO2. The second-order valence-corrected chi connectivity index (χ2v) is 9.03. The molecule has 0 unspecified atom stereocenters. The lowest BCUT2D eigenvalue weighted by Crippen LogP contribution is -2.25. The maximum Gasteiger partial charge on any atom is 0.254 e. The van der Waals surface area contributed by atoms with E-state index in [1.54, 1.807) is 0 Å². The molecule has 0 N–H and O–H groups in total. The molecule has 1 aromatic heterocycles. The molecule has 0 fully saturated rings. The molecule has 0 aliphatic heterocycles. The number of nitrogens with zero attached hydrogens (tertiary/aromatic N) is 1. The first-order valence-corrected chi connectivity index (χ1v) is 11.4. The summed E-state index contributed by atoms with van der Waals surface area (Å²) in [6.07, 6.45) is 0. The van der Waals surface area contributed by atoms with Crippen LogP contribution in [-0.2, 0) is 6.54 Å². The summed E-state index contributed by atoms with van der Waals surface area (Å²) in [5.74, 6) is 1.60. The summed E-state index contributed by atoms with van der Waals surface area (Å²) in [6.45, 7) is 12.8. The molecule has 0 radical (unpaired) electrons. The van der Waals surface area contributed by atoms with Crippen LogP contribution in [0.15, 0.2) is 71.5 Å². The second kappa shape index (κ2) is 9.11. The third-order valence-corrected chi connectivity index (χ3v) is 6.49. The van der Waals surface area contributed by atoms with Crippen LogP contribution in [0.2, 0.25) is 0 Å². The minimum Gasteiger partial charge on any atom is -0.457 e. The molecule has 1 heterocycles. The lowest BCUT2D eigenvalue weighted by atomic mass is 10.0. The van der Waals surface area contributed by atoms with Gasteiger partial charge in [0.2, 0.25) is 0 Å². The minimum absolute atomic E-state index is 0.0560. The van der Waals surface area contributed by atoms with Gasteiger partial charge in [0, 0.05) is 5.56 Å². The van der Waals surface area contributed by atoms with Gasteiger partial charge in [0.25, 0.3) is 5.56 Å². The molecule has 0 spiro atoms. The summed E-state index contributed by atoms with van der Waals surface area (Å²) in [5.41, 5.74) is 9.78. The van der Waals surface area contributed by atoms with Crippen LogP contribution in [0.3, 0.4) is 0 Å². The molecule has 4 aromatic rings. The van der Waals surface area contributed by atoms with Crippen LogP contribution >= 0.6 is 0 Å². The highest BCUT2D eigenvalue weighted by atomic mass is 16.5. The Bertz CT molecular complexity index is 1380. The van der Waals surface area contributed by atoms with Gasteiger partial charge in [-0.3, -0.25) is 4.79 Å². The predicted octanol–water partition coefficient (Wildman–Crippen LogP) is 7.21. The lowest BCUT2D eigenvalue weighted by molar-refractivity contribution is 0.482. The lowest BCUT2D eigenvalue weighted by Gasteiger charge is -2.18. The Labute approximate surface area is 196 Å². The van der Waals surface area contributed by atoms with Crippen LogP contribution < -0.4 is 10.3 Å². The van der Waals surface area contributed by atoms with E-state index in [2.05, 4.69) is 58.0 Å². The van der Waals surface area contributed by atoms with Gasteiger partial charge in [-0.1, -0.05) is 29.8 Å². The first kappa shape index (κ1) is 22.6. The molecule has 0 amide bonds.